The molecule has 0 aromatic heterocycles. The van der Waals surface area contributed by atoms with Crippen LogP contribution in [0.4, 0.5) is 0 Å². The van der Waals surface area contributed by atoms with E-state index in [0.29, 0.717) is 46.9 Å². The number of nitrogens with zero attached hydrogens (tertiary/aromatic N) is 4. The largest absolute Gasteiger partial charge is 0.497 e. The Bertz CT molecular complexity index is 1100. The van der Waals surface area contributed by atoms with Gasteiger partial charge >= 0.3 is 0 Å². The van der Waals surface area contributed by atoms with Crippen molar-refractivity contribution in [2.45, 2.75) is 5.41 Å². The molecule has 2 aromatic carbocycles. The Labute approximate surface area is 162 Å². The number of amidine groups is 1. The van der Waals surface area contributed by atoms with Gasteiger partial charge in [0.05, 0.1) is 31.4 Å². The molecule has 0 aliphatic carbocycles. The molecule has 2 heterocycles. The Morgan fingerprint density at radius 2 is 1.89 bits per heavy atom. The lowest BCUT2D eigenvalue weighted by Crippen LogP contribution is -2.51. The lowest BCUT2D eigenvalue weighted by atomic mass is 9.68. The van der Waals surface area contributed by atoms with Crippen LogP contribution >= 0.6 is 0 Å². The van der Waals surface area contributed by atoms with Gasteiger partial charge in [0, 0.05) is 12.1 Å². The minimum absolute atomic E-state index is 0.302. The van der Waals surface area contributed by atoms with Gasteiger partial charge in [0.2, 0.25) is 0 Å². The van der Waals surface area contributed by atoms with Gasteiger partial charge in [0.15, 0.2) is 5.41 Å². The van der Waals surface area contributed by atoms with Gasteiger partial charge in [-0.1, -0.05) is 30.3 Å². The fourth-order valence-electron chi connectivity index (χ4n) is 3.76. The van der Waals surface area contributed by atoms with Crippen molar-refractivity contribution in [3.8, 4) is 17.9 Å². The van der Waals surface area contributed by atoms with E-state index in [1.54, 1.807) is 49.6 Å². The predicted molar refractivity (Wildman–Crippen MR) is 103 cm³/mol. The first-order chi connectivity index (χ1) is 13.7. The van der Waals surface area contributed by atoms with Crippen molar-refractivity contribution in [3.05, 3.63) is 71.3 Å². The molecular formula is C22H16N4O2. The first-order valence-corrected chi connectivity index (χ1v) is 8.79. The van der Waals surface area contributed by atoms with Gasteiger partial charge in [0.25, 0.3) is 5.91 Å². The summed E-state index contributed by atoms with van der Waals surface area (Å²) in [7, 11) is 1.58. The average Bonchev–Trinajstić information content (AvgIpc) is 3.23. The van der Waals surface area contributed by atoms with E-state index < -0.39 is 5.41 Å². The molecule has 0 radical (unpaired) electrons. The van der Waals surface area contributed by atoms with Gasteiger partial charge in [-0.25, -0.2) is 0 Å². The molecule has 28 heavy (non-hydrogen) atoms. The summed E-state index contributed by atoms with van der Waals surface area (Å²) in [6, 6.07) is 18.3. The molecule has 1 amide bonds. The summed E-state index contributed by atoms with van der Waals surface area (Å²) in [6.45, 7) is 0.924. The highest BCUT2D eigenvalue weighted by atomic mass is 16.5. The topological polar surface area (TPSA) is 89.5 Å². The molecule has 0 saturated heterocycles. The Morgan fingerprint density at radius 1 is 1.14 bits per heavy atom. The number of benzene rings is 2. The third-order valence-corrected chi connectivity index (χ3v) is 5.14. The minimum atomic E-state index is -1.62. The van der Waals surface area contributed by atoms with Crippen LogP contribution in [-0.4, -0.2) is 36.8 Å². The second-order valence-electron chi connectivity index (χ2n) is 6.50. The molecule has 136 valence electrons. The fourth-order valence-corrected chi connectivity index (χ4v) is 3.76. The zero-order valence-electron chi connectivity index (χ0n) is 15.2. The molecule has 0 N–H and O–H groups in total. The van der Waals surface area contributed by atoms with Gasteiger partial charge in [-0.15, -0.1) is 0 Å². The summed E-state index contributed by atoms with van der Waals surface area (Å²) in [5.41, 5.74) is 0.291. The SMILES string of the molecule is COc1ccc(C2=CC3=NCCN3C(=O)[C@@]2(C#N)c2ccccc2C#N)cc1. The number of carbonyl (C=O) groups is 1. The number of rotatable bonds is 3. The number of fused-ring (bicyclic) bond motifs is 1. The van der Waals surface area contributed by atoms with Crippen molar-refractivity contribution in [2.24, 2.45) is 4.99 Å². The molecule has 2 aromatic rings. The molecule has 6 nitrogen and oxygen atoms in total. The van der Waals surface area contributed by atoms with E-state index in [0.717, 1.165) is 0 Å². The lowest BCUT2D eigenvalue weighted by molar-refractivity contribution is -0.129. The molecule has 2 aliphatic heterocycles. The normalized spacial score (nSPS) is 20.5. The molecule has 0 saturated carbocycles. The predicted octanol–water partition coefficient (Wildman–Crippen LogP) is 2.67. The van der Waals surface area contributed by atoms with Gasteiger partial charge in [-0.3, -0.25) is 14.7 Å². The van der Waals surface area contributed by atoms with Crippen molar-refractivity contribution < 1.29 is 9.53 Å². The number of hydrogen-bond acceptors (Lipinski definition) is 5. The smallest absolute Gasteiger partial charge is 0.257 e. The minimum Gasteiger partial charge on any atom is -0.497 e. The molecule has 0 unspecified atom stereocenters. The zero-order chi connectivity index (χ0) is 19.7. The second-order valence-corrected chi connectivity index (χ2v) is 6.50. The number of aliphatic imine (C=N–C) groups is 1. The zero-order valence-corrected chi connectivity index (χ0v) is 15.2. The highest BCUT2D eigenvalue weighted by molar-refractivity contribution is 6.22. The van der Waals surface area contributed by atoms with Gasteiger partial charge < -0.3 is 4.74 Å². The molecule has 2 aliphatic rings. The second kappa shape index (κ2) is 6.68. The van der Waals surface area contributed by atoms with Gasteiger partial charge in [-0.05, 0) is 35.4 Å². The van der Waals surface area contributed by atoms with E-state index in [-0.39, 0.29) is 5.91 Å². The highest BCUT2D eigenvalue weighted by Gasteiger charge is 2.52. The maximum atomic E-state index is 13.6. The van der Waals surface area contributed by atoms with Gasteiger partial charge in [-0.2, -0.15) is 10.5 Å². The van der Waals surface area contributed by atoms with Crippen LogP contribution in [0, 0.1) is 22.7 Å². The van der Waals surface area contributed by atoms with Crippen LogP contribution in [0.15, 0.2) is 59.6 Å². The summed E-state index contributed by atoms with van der Waals surface area (Å²) in [6.07, 6.45) is 1.79. The first kappa shape index (κ1) is 17.5. The number of carbonyl (C=O) groups excluding carboxylic acids is 1. The number of nitriles is 2. The van der Waals surface area contributed by atoms with Crippen molar-refractivity contribution in [1.29, 1.82) is 10.5 Å². The Balaban J connectivity index is 2.02. The summed E-state index contributed by atoms with van der Waals surface area (Å²) in [5.74, 6) is 0.852. The molecule has 1 atom stereocenters. The third-order valence-electron chi connectivity index (χ3n) is 5.14. The summed E-state index contributed by atoms with van der Waals surface area (Å²) in [4.78, 5) is 19.5. The summed E-state index contributed by atoms with van der Waals surface area (Å²) in [5, 5.41) is 19.9. The molecule has 0 bridgehead atoms. The van der Waals surface area contributed by atoms with E-state index in [9.17, 15) is 15.3 Å². The monoisotopic (exact) mass is 368 g/mol. The summed E-state index contributed by atoms with van der Waals surface area (Å²) >= 11 is 0. The Kier molecular flexibility index (Phi) is 4.18. The van der Waals surface area contributed by atoms with Gasteiger partial charge in [0.1, 0.15) is 11.6 Å². The van der Waals surface area contributed by atoms with Crippen molar-refractivity contribution in [2.75, 3.05) is 20.2 Å². The van der Waals surface area contributed by atoms with Crippen LogP contribution in [0.5, 0.6) is 5.75 Å². The van der Waals surface area contributed by atoms with Crippen LogP contribution in [-0.2, 0) is 10.2 Å². The Morgan fingerprint density at radius 3 is 2.57 bits per heavy atom. The van der Waals surface area contributed by atoms with Crippen LogP contribution in [0.3, 0.4) is 0 Å². The van der Waals surface area contributed by atoms with Crippen LogP contribution in [0.2, 0.25) is 0 Å². The number of ether oxygens (including phenoxy) is 1. The molecule has 6 heteroatoms. The molecule has 4 rings (SSSR count). The Hall–Kier alpha value is -3.90. The summed E-state index contributed by atoms with van der Waals surface area (Å²) < 4.78 is 5.22. The standard InChI is InChI=1S/C22H16N4O2/c1-28-17-8-6-15(7-9-17)19-12-20-25-10-11-26(20)21(27)22(19,14-24)18-5-3-2-4-16(18)13-23/h2-9,12H,10-11H2,1H3/t22-/m0/s1. The molecule has 0 spiro atoms. The van der Waals surface area contributed by atoms with Crippen molar-refractivity contribution in [1.82, 2.24) is 4.90 Å². The van der Waals surface area contributed by atoms with Crippen LogP contribution in [0.25, 0.3) is 5.57 Å². The average molecular weight is 368 g/mol. The quantitative estimate of drug-likeness (QED) is 0.833. The van der Waals surface area contributed by atoms with Crippen LogP contribution < -0.4 is 4.74 Å². The number of methoxy groups -OCH3 is 1. The van der Waals surface area contributed by atoms with E-state index in [1.807, 2.05) is 12.1 Å². The lowest BCUT2D eigenvalue weighted by Gasteiger charge is -2.37. The number of hydrogen-bond donors (Lipinski definition) is 0. The van der Waals surface area contributed by atoms with E-state index in [4.69, 9.17) is 4.74 Å². The maximum absolute atomic E-state index is 13.6. The van der Waals surface area contributed by atoms with E-state index in [1.165, 1.54) is 4.90 Å². The van der Waals surface area contributed by atoms with E-state index in [2.05, 4.69) is 17.1 Å². The highest BCUT2D eigenvalue weighted by Crippen LogP contribution is 2.44. The third kappa shape index (κ3) is 2.39. The molecule has 0 fully saturated rings. The van der Waals surface area contributed by atoms with E-state index >= 15 is 0 Å². The van der Waals surface area contributed by atoms with Crippen molar-refractivity contribution in [3.63, 3.8) is 0 Å². The maximum Gasteiger partial charge on any atom is 0.257 e. The first-order valence-electron chi connectivity index (χ1n) is 8.79. The van der Waals surface area contributed by atoms with Crippen molar-refractivity contribution >= 4 is 17.3 Å². The fraction of sp³-hybridized carbons (Fsp3) is 0.182. The number of amides is 1. The molecular weight excluding hydrogens is 352 g/mol. The van der Waals surface area contributed by atoms with Crippen LogP contribution in [0.1, 0.15) is 16.7 Å².